The lowest BCUT2D eigenvalue weighted by atomic mass is 9.75. The van der Waals surface area contributed by atoms with Crippen LogP contribution in [0.5, 0.6) is 0 Å². The lowest BCUT2D eigenvalue weighted by molar-refractivity contribution is -0.135. The van der Waals surface area contributed by atoms with E-state index in [1.54, 1.807) is 24.3 Å². The van der Waals surface area contributed by atoms with E-state index < -0.39 is 24.0 Å². The first-order valence-electron chi connectivity index (χ1n) is 12.2. The van der Waals surface area contributed by atoms with Crippen LogP contribution in [0.25, 0.3) is 0 Å². The van der Waals surface area contributed by atoms with Gasteiger partial charge in [-0.3, -0.25) is 19.3 Å². The monoisotopic (exact) mass is 476 g/mol. The largest absolute Gasteiger partial charge is 0.345 e. The van der Waals surface area contributed by atoms with E-state index >= 15 is 0 Å². The van der Waals surface area contributed by atoms with Crippen molar-refractivity contribution >= 4 is 29.4 Å². The van der Waals surface area contributed by atoms with Crippen molar-refractivity contribution in [2.45, 2.75) is 57.5 Å². The Balaban J connectivity index is 1.40. The number of carbonyl (C=O) groups excluding carboxylic acids is 4. The van der Waals surface area contributed by atoms with Crippen LogP contribution in [0.2, 0.25) is 0 Å². The van der Waals surface area contributed by atoms with Crippen LogP contribution >= 0.6 is 0 Å². The first-order valence-corrected chi connectivity index (χ1v) is 12.2. The van der Waals surface area contributed by atoms with E-state index in [1.807, 2.05) is 37.3 Å². The number of anilines is 1. The minimum Gasteiger partial charge on any atom is -0.345 e. The predicted octanol–water partition coefficient (Wildman–Crippen LogP) is 4.01. The number of urea groups is 1. The molecule has 35 heavy (non-hydrogen) atoms. The van der Waals surface area contributed by atoms with Crippen LogP contribution in [0.3, 0.4) is 0 Å². The Hall–Kier alpha value is -3.68. The summed E-state index contributed by atoms with van der Waals surface area (Å²) in [5.74, 6) is -0.645. The maximum absolute atomic E-state index is 13.1. The first-order chi connectivity index (χ1) is 16.8. The first kappa shape index (κ1) is 24.4. The molecule has 0 bridgehead atoms. The van der Waals surface area contributed by atoms with Crippen molar-refractivity contribution in [3.05, 3.63) is 65.7 Å². The van der Waals surface area contributed by atoms with E-state index in [0.717, 1.165) is 29.7 Å². The highest BCUT2D eigenvalue weighted by Gasteiger charge is 2.52. The third kappa shape index (κ3) is 5.21. The third-order valence-corrected chi connectivity index (χ3v) is 7.18. The molecule has 1 spiro atoms. The van der Waals surface area contributed by atoms with E-state index in [4.69, 9.17) is 0 Å². The normalized spacial score (nSPS) is 22.6. The predicted molar refractivity (Wildman–Crippen MR) is 133 cm³/mol. The van der Waals surface area contributed by atoms with Gasteiger partial charge in [0.25, 0.3) is 11.8 Å². The van der Waals surface area contributed by atoms with Crippen molar-refractivity contribution < 1.29 is 19.2 Å². The van der Waals surface area contributed by atoms with Crippen LogP contribution in [0.1, 0.15) is 67.9 Å². The van der Waals surface area contributed by atoms with Gasteiger partial charge in [-0.1, -0.05) is 55.8 Å². The van der Waals surface area contributed by atoms with Gasteiger partial charge in [0.1, 0.15) is 12.1 Å². The summed E-state index contributed by atoms with van der Waals surface area (Å²) in [5, 5.41) is 8.49. The smallest absolute Gasteiger partial charge is 0.325 e. The highest BCUT2D eigenvalue weighted by molar-refractivity contribution is 6.11. The minimum absolute atomic E-state index is 0.225. The van der Waals surface area contributed by atoms with Gasteiger partial charge < -0.3 is 16.0 Å². The zero-order valence-corrected chi connectivity index (χ0v) is 20.2. The number of rotatable bonds is 7. The number of benzene rings is 2. The molecule has 8 nitrogen and oxygen atoms in total. The lowest BCUT2D eigenvalue weighted by Crippen LogP contribution is -2.49. The van der Waals surface area contributed by atoms with Crippen LogP contribution in [0.15, 0.2) is 54.6 Å². The van der Waals surface area contributed by atoms with E-state index in [2.05, 4.69) is 22.9 Å². The Morgan fingerprint density at radius 1 is 1.06 bits per heavy atom. The minimum atomic E-state index is -0.894. The zero-order chi connectivity index (χ0) is 25.0. The van der Waals surface area contributed by atoms with E-state index in [0.29, 0.717) is 30.0 Å². The van der Waals surface area contributed by atoms with Gasteiger partial charge in [0.05, 0.1) is 17.3 Å². The Kier molecular flexibility index (Phi) is 7.19. The fraction of sp³-hybridized carbons (Fsp3) is 0.407. The van der Waals surface area contributed by atoms with Crippen molar-refractivity contribution in [3.63, 3.8) is 0 Å². The topological polar surface area (TPSA) is 108 Å². The molecule has 8 heteroatoms. The summed E-state index contributed by atoms with van der Waals surface area (Å²) in [6.07, 6.45) is 4.01. The van der Waals surface area contributed by atoms with Crippen molar-refractivity contribution in [2.75, 3.05) is 11.9 Å². The molecule has 3 N–H and O–H groups in total. The molecule has 5 amide bonds. The fourth-order valence-electron chi connectivity index (χ4n) is 4.96. The summed E-state index contributed by atoms with van der Waals surface area (Å²) in [6.45, 7) is 3.62. The molecular weight excluding hydrogens is 444 g/mol. The SMILES string of the molecule is CCC1CCC2(CC1)NC(=O)N(CC(=O)Nc1ccccc1C(=O)N[C@@H](C)c1ccccc1)C2=O. The second-order valence-electron chi connectivity index (χ2n) is 9.45. The third-order valence-electron chi connectivity index (χ3n) is 7.18. The maximum atomic E-state index is 13.1. The molecule has 1 atom stereocenters. The average molecular weight is 477 g/mol. The van der Waals surface area contributed by atoms with Crippen molar-refractivity contribution in [2.24, 2.45) is 5.92 Å². The molecule has 1 aliphatic heterocycles. The van der Waals surface area contributed by atoms with Crippen LogP contribution < -0.4 is 16.0 Å². The molecule has 1 saturated heterocycles. The summed E-state index contributed by atoms with van der Waals surface area (Å²) in [4.78, 5) is 52.4. The molecule has 0 unspecified atom stereocenters. The summed E-state index contributed by atoms with van der Waals surface area (Å²) in [7, 11) is 0. The summed E-state index contributed by atoms with van der Waals surface area (Å²) >= 11 is 0. The van der Waals surface area contributed by atoms with Crippen molar-refractivity contribution in [3.8, 4) is 0 Å². The van der Waals surface area contributed by atoms with Gasteiger partial charge in [0.15, 0.2) is 0 Å². The Labute approximate surface area is 205 Å². The number of nitrogens with one attached hydrogen (secondary N) is 3. The molecular formula is C27H32N4O4. The molecule has 1 saturated carbocycles. The zero-order valence-electron chi connectivity index (χ0n) is 20.2. The van der Waals surface area contributed by atoms with Crippen molar-refractivity contribution in [1.82, 2.24) is 15.5 Å². The van der Waals surface area contributed by atoms with Gasteiger partial charge in [0.2, 0.25) is 5.91 Å². The molecule has 0 radical (unpaired) electrons. The van der Waals surface area contributed by atoms with Gasteiger partial charge in [-0.05, 0) is 56.2 Å². The molecule has 1 heterocycles. The number of hydrogen-bond donors (Lipinski definition) is 3. The van der Waals surface area contributed by atoms with Crippen LogP contribution in [-0.2, 0) is 9.59 Å². The van der Waals surface area contributed by atoms with E-state index in [9.17, 15) is 19.2 Å². The number of carbonyl (C=O) groups is 4. The van der Waals surface area contributed by atoms with Crippen LogP contribution in [0, 0.1) is 5.92 Å². The van der Waals surface area contributed by atoms with Gasteiger partial charge in [-0.2, -0.15) is 0 Å². The highest BCUT2D eigenvalue weighted by atomic mass is 16.2. The van der Waals surface area contributed by atoms with Crippen LogP contribution in [-0.4, -0.2) is 40.7 Å². The molecule has 184 valence electrons. The molecule has 1 aliphatic carbocycles. The fourth-order valence-corrected chi connectivity index (χ4v) is 4.96. The van der Waals surface area contributed by atoms with Gasteiger partial charge in [0, 0.05) is 0 Å². The Bertz CT molecular complexity index is 1110. The second kappa shape index (κ2) is 10.3. The summed E-state index contributed by atoms with van der Waals surface area (Å²) in [5.41, 5.74) is 0.687. The van der Waals surface area contributed by atoms with Gasteiger partial charge in [-0.15, -0.1) is 0 Å². The number of imide groups is 1. The number of amides is 5. The summed E-state index contributed by atoms with van der Waals surface area (Å²) in [6, 6.07) is 15.5. The standard InChI is InChI=1S/C27H32N4O4/c1-3-19-13-15-27(16-14-19)25(34)31(26(35)30-27)17-23(32)29-22-12-8-7-11-21(22)24(33)28-18(2)20-9-5-4-6-10-20/h4-12,18-19H,3,13-17H2,1-2H3,(H,28,33)(H,29,32)(H,30,35)/t18-,19?,27?/m0/s1. The van der Waals surface area contributed by atoms with Gasteiger partial charge in [-0.25, -0.2) is 4.79 Å². The average Bonchev–Trinajstić information content (AvgIpc) is 3.09. The second-order valence-corrected chi connectivity index (χ2v) is 9.45. The van der Waals surface area contributed by atoms with E-state index in [-0.39, 0.29) is 17.9 Å². The maximum Gasteiger partial charge on any atom is 0.325 e. The molecule has 2 aromatic carbocycles. The number of para-hydroxylation sites is 1. The van der Waals surface area contributed by atoms with Crippen LogP contribution in [0.4, 0.5) is 10.5 Å². The highest BCUT2D eigenvalue weighted by Crippen LogP contribution is 2.37. The Morgan fingerprint density at radius 3 is 2.40 bits per heavy atom. The number of nitrogens with zero attached hydrogens (tertiary/aromatic N) is 1. The molecule has 2 aliphatic rings. The summed E-state index contributed by atoms with van der Waals surface area (Å²) < 4.78 is 0. The van der Waals surface area contributed by atoms with E-state index in [1.165, 1.54) is 0 Å². The molecule has 4 rings (SSSR count). The quantitative estimate of drug-likeness (QED) is 0.525. The Morgan fingerprint density at radius 2 is 1.71 bits per heavy atom. The number of hydrogen-bond acceptors (Lipinski definition) is 4. The van der Waals surface area contributed by atoms with Crippen molar-refractivity contribution in [1.29, 1.82) is 0 Å². The molecule has 2 fully saturated rings. The van der Waals surface area contributed by atoms with Gasteiger partial charge >= 0.3 is 6.03 Å². The molecule has 2 aromatic rings. The lowest BCUT2D eigenvalue weighted by Gasteiger charge is -2.34. The molecule has 0 aromatic heterocycles.